The van der Waals surface area contributed by atoms with Gasteiger partial charge in [0.15, 0.2) is 0 Å². The van der Waals surface area contributed by atoms with Gasteiger partial charge in [-0.25, -0.2) is 8.42 Å². The second-order valence-electron chi connectivity index (χ2n) is 4.88. The van der Waals surface area contributed by atoms with Crippen molar-refractivity contribution in [2.45, 2.75) is 15.0 Å². The van der Waals surface area contributed by atoms with Gasteiger partial charge in [-0.3, -0.25) is 0 Å². The Kier molecular flexibility index (Phi) is 5.95. The lowest BCUT2D eigenvalue weighted by Gasteiger charge is -2.14. The molecule has 0 amide bonds. The molecule has 0 saturated heterocycles. The fourth-order valence-corrected chi connectivity index (χ4v) is 4.42. The number of hydrogen-bond acceptors (Lipinski definition) is 3. The molecule has 0 aliphatic rings. The first kappa shape index (κ1) is 22.4. The molecule has 2 rings (SSSR count). The fraction of sp³-hybridized carbons (Fsp3) is 0.154. The van der Waals surface area contributed by atoms with Crippen LogP contribution in [0.5, 0.6) is 0 Å². The van der Waals surface area contributed by atoms with Crippen LogP contribution in [0.15, 0.2) is 23.2 Å². The van der Waals surface area contributed by atoms with Crippen molar-refractivity contribution in [1.82, 2.24) is 4.57 Å². The largest absolute Gasteiger partial charge is 0.416 e. The fourth-order valence-electron chi connectivity index (χ4n) is 2.01. The highest BCUT2D eigenvalue weighted by Gasteiger charge is 2.45. The van der Waals surface area contributed by atoms with Crippen molar-refractivity contribution in [3.8, 4) is 11.8 Å². The maximum absolute atomic E-state index is 13.7. The predicted octanol–water partition coefficient (Wildman–Crippen LogP) is 6.16. The topological polar surface area (TPSA) is 62.9 Å². The van der Waals surface area contributed by atoms with Gasteiger partial charge in [0.25, 0.3) is 0 Å². The van der Waals surface area contributed by atoms with Gasteiger partial charge in [0, 0.05) is 6.20 Å². The van der Waals surface area contributed by atoms with E-state index in [1.807, 2.05) is 0 Å². The normalized spacial score (nSPS) is 12.9. The van der Waals surface area contributed by atoms with E-state index >= 15 is 0 Å². The molecule has 0 saturated carbocycles. The summed E-state index contributed by atoms with van der Waals surface area (Å²) in [6.45, 7) is 0. The molecule has 27 heavy (non-hydrogen) atoms. The minimum Gasteiger partial charge on any atom is -0.302 e. The van der Waals surface area contributed by atoms with Crippen molar-refractivity contribution < 1.29 is 26.0 Å². The molecule has 0 N–H and O–H groups in total. The number of alkyl halides is 6. The second-order valence-corrected chi connectivity index (χ2v) is 9.74. The summed E-state index contributed by atoms with van der Waals surface area (Å²) in [5, 5.41) is 7.40. The third-order valence-corrected chi connectivity index (χ3v) is 6.87. The third-order valence-electron chi connectivity index (χ3n) is 3.20. The van der Waals surface area contributed by atoms with Gasteiger partial charge in [-0.15, -0.1) is 0 Å². The molecular formula is C13H3Cl5F4N2O2S. The minimum absolute atomic E-state index is 0.372. The zero-order chi connectivity index (χ0) is 20.9. The first-order valence-corrected chi connectivity index (χ1v) is 9.69. The van der Waals surface area contributed by atoms with Gasteiger partial charge in [0.2, 0.25) is 9.84 Å². The Labute approximate surface area is 174 Å². The molecule has 0 spiro atoms. The predicted molar refractivity (Wildman–Crippen MR) is 93.2 cm³/mol. The van der Waals surface area contributed by atoms with Crippen molar-refractivity contribution >= 4 is 67.8 Å². The Morgan fingerprint density at radius 2 is 1.52 bits per heavy atom. The zero-order valence-electron chi connectivity index (χ0n) is 12.3. The summed E-state index contributed by atoms with van der Waals surface area (Å²) in [6.07, 6.45) is -4.14. The lowest BCUT2D eigenvalue weighted by atomic mass is 10.2. The molecular weight excluding hydrogens is 501 g/mol. The van der Waals surface area contributed by atoms with Crippen LogP contribution >= 0.6 is 58.0 Å². The highest BCUT2D eigenvalue weighted by atomic mass is 35.5. The summed E-state index contributed by atoms with van der Waals surface area (Å²) in [4.78, 5) is -1.01. The van der Waals surface area contributed by atoms with Gasteiger partial charge in [0.1, 0.15) is 21.7 Å². The number of nitrogens with zero attached hydrogens (tertiary/aromatic N) is 2. The summed E-state index contributed by atoms with van der Waals surface area (Å²) in [7, 11) is -5.12. The molecule has 0 fully saturated rings. The first-order valence-electron chi connectivity index (χ1n) is 6.31. The Balaban J connectivity index is 2.83. The highest BCUT2D eigenvalue weighted by Crippen LogP contribution is 2.43. The Bertz CT molecular complexity index is 1050. The molecule has 0 unspecified atom stereocenters. The molecule has 2 aromatic rings. The number of sulfone groups is 1. The van der Waals surface area contributed by atoms with Crippen LogP contribution < -0.4 is 0 Å². The molecule has 1 aromatic heterocycles. The summed E-state index contributed by atoms with van der Waals surface area (Å²) in [5.74, 6) is 0. The van der Waals surface area contributed by atoms with Crippen LogP contribution in [0, 0.1) is 11.3 Å². The summed E-state index contributed by atoms with van der Waals surface area (Å²) < 4.78 is 73.3. The van der Waals surface area contributed by atoms with Crippen LogP contribution in [0.3, 0.4) is 0 Å². The maximum Gasteiger partial charge on any atom is 0.416 e. The molecule has 0 aliphatic carbocycles. The molecule has 0 atom stereocenters. The van der Waals surface area contributed by atoms with E-state index < -0.39 is 51.2 Å². The lowest BCUT2D eigenvalue weighted by molar-refractivity contribution is -0.137. The van der Waals surface area contributed by atoms with Crippen molar-refractivity contribution in [3.05, 3.63) is 44.7 Å². The number of hydrogen-bond donors (Lipinski definition) is 0. The number of halogens is 9. The molecule has 0 bridgehead atoms. The van der Waals surface area contributed by atoms with E-state index in [0.717, 1.165) is 0 Å². The van der Waals surface area contributed by atoms with Gasteiger partial charge < -0.3 is 4.57 Å². The van der Waals surface area contributed by atoms with Gasteiger partial charge in [-0.2, -0.15) is 22.8 Å². The van der Waals surface area contributed by atoms with E-state index in [2.05, 4.69) is 0 Å². The van der Waals surface area contributed by atoms with E-state index in [0.29, 0.717) is 22.9 Å². The Hall–Kier alpha value is -0.890. The SMILES string of the molecule is N#Cc1c(S(=O)(=O)C(F)(Cl)Cl)cn(-c2c(Cl)cc(C(F)(F)F)cc2Cl)c1Cl. The van der Waals surface area contributed by atoms with Crippen LogP contribution in [0.4, 0.5) is 17.6 Å². The van der Waals surface area contributed by atoms with E-state index in [9.17, 15) is 26.0 Å². The van der Waals surface area contributed by atoms with E-state index in [-0.39, 0.29) is 5.69 Å². The highest BCUT2D eigenvalue weighted by molar-refractivity contribution is 7.95. The van der Waals surface area contributed by atoms with Crippen molar-refractivity contribution in [3.63, 3.8) is 0 Å². The Morgan fingerprint density at radius 3 is 1.89 bits per heavy atom. The van der Waals surface area contributed by atoms with E-state index in [1.165, 1.54) is 6.07 Å². The van der Waals surface area contributed by atoms with Crippen LogP contribution in [0.1, 0.15) is 11.1 Å². The molecule has 14 heteroatoms. The van der Waals surface area contributed by atoms with Gasteiger partial charge in [0.05, 0.1) is 21.3 Å². The molecule has 0 aliphatic heterocycles. The number of aromatic nitrogens is 1. The van der Waals surface area contributed by atoms with E-state index in [1.54, 1.807) is 0 Å². The molecule has 0 radical (unpaired) electrons. The average Bonchev–Trinajstić information content (AvgIpc) is 2.82. The average molecular weight is 505 g/mol. The van der Waals surface area contributed by atoms with Crippen molar-refractivity contribution in [2.24, 2.45) is 0 Å². The number of rotatable bonds is 3. The summed E-state index contributed by atoms with van der Waals surface area (Å²) in [5.41, 5.74) is -2.31. The smallest absolute Gasteiger partial charge is 0.302 e. The van der Waals surface area contributed by atoms with Crippen LogP contribution in [-0.4, -0.2) is 16.9 Å². The maximum atomic E-state index is 13.7. The quantitative estimate of drug-likeness (QED) is 0.372. The lowest BCUT2D eigenvalue weighted by Crippen LogP contribution is -2.21. The van der Waals surface area contributed by atoms with Crippen LogP contribution in [0.25, 0.3) is 5.69 Å². The molecule has 146 valence electrons. The monoisotopic (exact) mass is 502 g/mol. The standard InChI is InChI=1S/C13H3Cl5F4N2O2S/c14-7-1-5(12(19,20)21)2-8(15)10(7)24-4-9(6(3-23)11(24)16)27(25,26)13(17,18)22/h1-2,4H. The van der Waals surface area contributed by atoms with Gasteiger partial charge >= 0.3 is 10.1 Å². The van der Waals surface area contributed by atoms with Crippen molar-refractivity contribution in [1.29, 1.82) is 5.26 Å². The summed E-state index contributed by atoms with van der Waals surface area (Å²) in [6, 6.07) is 2.46. The van der Waals surface area contributed by atoms with Gasteiger partial charge in [-0.05, 0) is 35.3 Å². The number of nitriles is 1. The van der Waals surface area contributed by atoms with Crippen molar-refractivity contribution in [2.75, 3.05) is 0 Å². The molecule has 4 nitrogen and oxygen atoms in total. The zero-order valence-corrected chi connectivity index (χ0v) is 16.8. The van der Waals surface area contributed by atoms with Crippen LogP contribution in [0.2, 0.25) is 15.2 Å². The summed E-state index contributed by atoms with van der Waals surface area (Å²) >= 11 is 27.6. The van der Waals surface area contributed by atoms with E-state index in [4.69, 9.17) is 63.3 Å². The molecule has 1 aromatic carbocycles. The first-order chi connectivity index (χ1) is 12.1. The Morgan fingerprint density at radius 1 is 1.04 bits per heavy atom. The molecule has 1 heterocycles. The third kappa shape index (κ3) is 3.97. The number of benzene rings is 1. The second kappa shape index (κ2) is 7.17. The van der Waals surface area contributed by atoms with Gasteiger partial charge in [-0.1, -0.05) is 34.8 Å². The van der Waals surface area contributed by atoms with Crippen LogP contribution in [-0.2, 0) is 16.0 Å². The minimum atomic E-state index is -5.12.